The van der Waals surface area contributed by atoms with Crippen LogP contribution in [-0.2, 0) is 16.1 Å². The minimum atomic E-state index is -0.897. The van der Waals surface area contributed by atoms with E-state index >= 15 is 0 Å². The van der Waals surface area contributed by atoms with E-state index in [2.05, 4.69) is 6.58 Å². The van der Waals surface area contributed by atoms with Crippen LogP contribution >= 0.6 is 23.1 Å². The number of carboxylic acid groups (broad SMARTS) is 1. The molecule has 1 heterocycles. The predicted molar refractivity (Wildman–Crippen MR) is 79.5 cm³/mol. The highest BCUT2D eigenvalue weighted by molar-refractivity contribution is 8.01. The van der Waals surface area contributed by atoms with Crippen LogP contribution in [0.15, 0.2) is 30.2 Å². The van der Waals surface area contributed by atoms with Crippen molar-refractivity contribution in [1.29, 1.82) is 0 Å². The van der Waals surface area contributed by atoms with Crippen LogP contribution in [0.25, 0.3) is 0 Å². The summed E-state index contributed by atoms with van der Waals surface area (Å²) in [7, 11) is 0. The topological polar surface area (TPSA) is 57.6 Å². The van der Waals surface area contributed by atoms with Gasteiger partial charge in [-0.2, -0.15) is 0 Å². The Morgan fingerprint density at radius 1 is 1.63 bits per heavy atom. The Bertz CT molecular complexity index is 431. The van der Waals surface area contributed by atoms with Crippen molar-refractivity contribution in [3.8, 4) is 0 Å². The lowest BCUT2D eigenvalue weighted by Crippen LogP contribution is -2.32. The van der Waals surface area contributed by atoms with Gasteiger partial charge in [-0.3, -0.25) is 9.59 Å². The Morgan fingerprint density at radius 3 is 2.89 bits per heavy atom. The van der Waals surface area contributed by atoms with Crippen LogP contribution < -0.4 is 0 Å². The molecule has 104 valence electrons. The molecule has 1 atom stereocenters. The van der Waals surface area contributed by atoms with E-state index in [9.17, 15) is 9.59 Å². The van der Waals surface area contributed by atoms with Gasteiger partial charge in [0.25, 0.3) is 0 Å². The number of carbonyl (C=O) groups excluding carboxylic acids is 1. The zero-order valence-corrected chi connectivity index (χ0v) is 12.4. The first-order valence-electron chi connectivity index (χ1n) is 5.80. The SMILES string of the molecule is C=CCN(Cc1cccs1)C(=O)CSC(C)C(=O)O. The van der Waals surface area contributed by atoms with Gasteiger partial charge < -0.3 is 10.0 Å². The van der Waals surface area contributed by atoms with Crippen molar-refractivity contribution >= 4 is 35.0 Å². The molecule has 0 saturated heterocycles. The van der Waals surface area contributed by atoms with Gasteiger partial charge in [0, 0.05) is 11.4 Å². The van der Waals surface area contributed by atoms with Gasteiger partial charge in [-0.25, -0.2) is 0 Å². The maximum absolute atomic E-state index is 12.1. The van der Waals surface area contributed by atoms with E-state index < -0.39 is 11.2 Å². The molecular formula is C13H17NO3S2. The third-order valence-electron chi connectivity index (χ3n) is 2.43. The van der Waals surface area contributed by atoms with Crippen molar-refractivity contribution in [2.75, 3.05) is 12.3 Å². The molecule has 1 amide bonds. The van der Waals surface area contributed by atoms with E-state index in [0.717, 1.165) is 16.6 Å². The first-order chi connectivity index (χ1) is 9.04. The maximum Gasteiger partial charge on any atom is 0.316 e. The number of thiophene rings is 1. The first-order valence-corrected chi connectivity index (χ1v) is 7.73. The number of carbonyl (C=O) groups is 2. The second-order valence-electron chi connectivity index (χ2n) is 3.93. The molecule has 1 rings (SSSR count). The number of aliphatic carboxylic acids is 1. The van der Waals surface area contributed by atoms with E-state index in [1.54, 1.807) is 29.2 Å². The molecule has 0 radical (unpaired) electrons. The third kappa shape index (κ3) is 5.48. The smallest absolute Gasteiger partial charge is 0.316 e. The van der Waals surface area contributed by atoms with Gasteiger partial charge in [0.05, 0.1) is 17.5 Å². The summed E-state index contributed by atoms with van der Waals surface area (Å²) >= 11 is 2.73. The van der Waals surface area contributed by atoms with Gasteiger partial charge in [-0.05, 0) is 18.4 Å². The Labute approximate surface area is 121 Å². The highest BCUT2D eigenvalue weighted by atomic mass is 32.2. The van der Waals surface area contributed by atoms with Crippen LogP contribution in [0.5, 0.6) is 0 Å². The number of hydrogen-bond donors (Lipinski definition) is 1. The molecule has 0 saturated carbocycles. The zero-order valence-electron chi connectivity index (χ0n) is 10.7. The van der Waals surface area contributed by atoms with Gasteiger partial charge in [-0.1, -0.05) is 12.1 Å². The maximum atomic E-state index is 12.1. The van der Waals surface area contributed by atoms with Crippen molar-refractivity contribution < 1.29 is 14.7 Å². The summed E-state index contributed by atoms with van der Waals surface area (Å²) in [5, 5.41) is 10.2. The van der Waals surface area contributed by atoms with E-state index in [1.165, 1.54) is 0 Å². The van der Waals surface area contributed by atoms with Crippen LogP contribution in [0.3, 0.4) is 0 Å². The summed E-state index contributed by atoms with van der Waals surface area (Å²) in [5.74, 6) is -0.787. The molecular weight excluding hydrogens is 282 g/mol. The fraction of sp³-hybridized carbons (Fsp3) is 0.385. The number of thioether (sulfide) groups is 1. The van der Waals surface area contributed by atoms with Gasteiger partial charge in [0.2, 0.25) is 5.91 Å². The van der Waals surface area contributed by atoms with Crippen LogP contribution in [0.4, 0.5) is 0 Å². The van der Waals surface area contributed by atoms with Crippen LogP contribution in [0.2, 0.25) is 0 Å². The number of hydrogen-bond acceptors (Lipinski definition) is 4. The Balaban J connectivity index is 2.53. The van der Waals surface area contributed by atoms with E-state index in [1.807, 2.05) is 17.5 Å². The molecule has 6 heteroatoms. The van der Waals surface area contributed by atoms with E-state index in [4.69, 9.17) is 5.11 Å². The van der Waals surface area contributed by atoms with Crippen molar-refractivity contribution in [2.45, 2.75) is 18.7 Å². The molecule has 0 spiro atoms. The predicted octanol–water partition coefficient (Wildman–Crippen LogP) is 2.47. The fourth-order valence-electron chi connectivity index (χ4n) is 1.36. The molecule has 0 fully saturated rings. The first kappa shape index (κ1) is 15.8. The average molecular weight is 299 g/mol. The molecule has 1 aromatic heterocycles. The van der Waals surface area contributed by atoms with Crippen molar-refractivity contribution in [3.63, 3.8) is 0 Å². The second kappa shape index (κ2) is 8.01. The molecule has 0 bridgehead atoms. The lowest BCUT2D eigenvalue weighted by molar-refractivity contribution is -0.136. The molecule has 1 aromatic rings. The summed E-state index contributed by atoms with van der Waals surface area (Å²) in [6.07, 6.45) is 1.68. The van der Waals surface area contributed by atoms with Gasteiger partial charge in [-0.15, -0.1) is 29.7 Å². The Morgan fingerprint density at radius 2 is 2.37 bits per heavy atom. The third-order valence-corrected chi connectivity index (χ3v) is 4.41. The summed E-state index contributed by atoms with van der Waals surface area (Å²) < 4.78 is 0. The lowest BCUT2D eigenvalue weighted by atomic mass is 10.4. The van der Waals surface area contributed by atoms with Gasteiger partial charge >= 0.3 is 5.97 Å². The minimum Gasteiger partial charge on any atom is -0.480 e. The lowest BCUT2D eigenvalue weighted by Gasteiger charge is -2.20. The summed E-state index contributed by atoms with van der Waals surface area (Å²) in [5.41, 5.74) is 0. The van der Waals surface area contributed by atoms with Crippen LogP contribution in [0.1, 0.15) is 11.8 Å². The largest absolute Gasteiger partial charge is 0.480 e. The molecule has 19 heavy (non-hydrogen) atoms. The van der Waals surface area contributed by atoms with Gasteiger partial charge in [0.15, 0.2) is 0 Å². The number of rotatable bonds is 8. The molecule has 0 aromatic carbocycles. The normalized spacial score (nSPS) is 11.8. The minimum absolute atomic E-state index is 0.0635. The molecule has 0 aliphatic heterocycles. The van der Waals surface area contributed by atoms with Crippen molar-refractivity contribution in [3.05, 3.63) is 35.0 Å². The molecule has 0 aliphatic rings. The highest BCUT2D eigenvalue weighted by Crippen LogP contribution is 2.15. The van der Waals surface area contributed by atoms with Crippen molar-refractivity contribution in [1.82, 2.24) is 4.90 Å². The molecule has 4 nitrogen and oxygen atoms in total. The molecule has 0 aliphatic carbocycles. The highest BCUT2D eigenvalue weighted by Gasteiger charge is 2.17. The monoisotopic (exact) mass is 299 g/mol. The van der Waals surface area contributed by atoms with Gasteiger partial charge in [0.1, 0.15) is 0 Å². The number of carboxylic acids is 1. The average Bonchev–Trinajstić information content (AvgIpc) is 2.87. The summed E-state index contributed by atoms with van der Waals surface area (Å²) in [4.78, 5) is 25.5. The van der Waals surface area contributed by atoms with E-state index in [-0.39, 0.29) is 11.7 Å². The fourth-order valence-corrected chi connectivity index (χ4v) is 2.80. The Hall–Kier alpha value is -1.27. The zero-order chi connectivity index (χ0) is 14.3. The van der Waals surface area contributed by atoms with Crippen LogP contribution in [0, 0.1) is 0 Å². The Kier molecular flexibility index (Phi) is 6.66. The quantitative estimate of drug-likeness (QED) is 0.749. The van der Waals surface area contributed by atoms with E-state index in [0.29, 0.717) is 13.1 Å². The second-order valence-corrected chi connectivity index (χ2v) is 6.30. The van der Waals surface area contributed by atoms with Crippen LogP contribution in [-0.4, -0.2) is 39.4 Å². The van der Waals surface area contributed by atoms with Crippen molar-refractivity contribution in [2.24, 2.45) is 0 Å². The standard InChI is InChI=1S/C13H17NO3S2/c1-3-6-14(8-11-5-4-7-18-11)12(15)9-19-10(2)13(16)17/h3-5,7,10H,1,6,8-9H2,2H3,(H,16,17). The summed E-state index contributed by atoms with van der Waals surface area (Å²) in [6, 6.07) is 3.92. The molecule has 1 unspecified atom stereocenters. The molecule has 1 N–H and O–H groups in total. The number of amides is 1. The number of nitrogens with zero attached hydrogens (tertiary/aromatic N) is 1. The summed E-state index contributed by atoms with van der Waals surface area (Å²) in [6.45, 7) is 6.24.